The summed E-state index contributed by atoms with van der Waals surface area (Å²) in [5.41, 5.74) is -0.253. The first kappa shape index (κ1) is 19.9. The summed E-state index contributed by atoms with van der Waals surface area (Å²) in [5.74, 6) is 1.80. The second-order valence-electron chi connectivity index (χ2n) is 7.73. The van der Waals surface area contributed by atoms with Crippen molar-refractivity contribution >= 4 is 5.91 Å². The van der Waals surface area contributed by atoms with Crippen molar-refractivity contribution in [2.45, 2.75) is 43.4 Å². The lowest BCUT2D eigenvalue weighted by Crippen LogP contribution is -2.46. The quantitative estimate of drug-likeness (QED) is 0.724. The lowest BCUT2D eigenvalue weighted by atomic mass is 9.75. The number of ether oxygens (including phenoxy) is 2. The number of methoxy groups -OCH3 is 1. The van der Waals surface area contributed by atoms with Crippen LogP contribution in [0, 0.1) is 0 Å². The maximum atomic E-state index is 12.7. The third-order valence-corrected chi connectivity index (χ3v) is 6.04. The monoisotopic (exact) mass is 401 g/mol. The van der Waals surface area contributed by atoms with E-state index in [1.807, 2.05) is 0 Å². The highest BCUT2D eigenvalue weighted by molar-refractivity contribution is 5.90. The molecule has 2 aromatic heterocycles. The van der Waals surface area contributed by atoms with Crippen molar-refractivity contribution in [2.75, 3.05) is 40.0 Å². The number of rotatable bonds is 6. The molecule has 2 fully saturated rings. The molecule has 0 atom stereocenters. The van der Waals surface area contributed by atoms with E-state index >= 15 is 0 Å². The maximum Gasteiger partial charge on any atom is 0.291 e. The fraction of sp³-hybridized carbons (Fsp3) is 0.650. The molecular formula is C20H27N5O4. The van der Waals surface area contributed by atoms with Gasteiger partial charge in [-0.05, 0) is 38.2 Å². The number of piperidine rings is 1. The molecule has 0 unspecified atom stereocenters. The van der Waals surface area contributed by atoms with Gasteiger partial charge in [0.05, 0.1) is 0 Å². The zero-order valence-electron chi connectivity index (χ0n) is 16.7. The molecule has 0 saturated carbocycles. The number of hydrogen-bond acceptors (Lipinski definition) is 8. The van der Waals surface area contributed by atoms with E-state index in [4.69, 9.17) is 19.0 Å². The van der Waals surface area contributed by atoms with Crippen LogP contribution >= 0.6 is 0 Å². The van der Waals surface area contributed by atoms with Crippen LogP contribution in [0.4, 0.5) is 0 Å². The first-order valence-electron chi connectivity index (χ1n) is 10.2. The minimum absolute atomic E-state index is 0.137. The van der Waals surface area contributed by atoms with Crippen molar-refractivity contribution in [2.24, 2.45) is 0 Å². The summed E-state index contributed by atoms with van der Waals surface area (Å²) in [5, 5.41) is 4.36. The number of aromatic nitrogens is 4. The molecule has 0 bridgehead atoms. The number of amides is 1. The molecule has 0 aliphatic carbocycles. The lowest BCUT2D eigenvalue weighted by molar-refractivity contribution is 0.0604. The number of carbonyl (C=O) groups excluding carboxylic acids is 1. The van der Waals surface area contributed by atoms with Crippen LogP contribution in [-0.4, -0.2) is 70.9 Å². The van der Waals surface area contributed by atoms with Crippen molar-refractivity contribution in [3.8, 4) is 0 Å². The smallest absolute Gasteiger partial charge is 0.291 e. The average molecular weight is 401 g/mol. The number of hydrogen-bond donors (Lipinski definition) is 0. The van der Waals surface area contributed by atoms with Gasteiger partial charge in [-0.2, -0.15) is 4.98 Å². The largest absolute Gasteiger partial charge is 0.385 e. The predicted octanol–water partition coefficient (Wildman–Crippen LogP) is 1.96. The summed E-state index contributed by atoms with van der Waals surface area (Å²) in [6.07, 6.45) is 7.29. The van der Waals surface area contributed by atoms with E-state index in [-0.39, 0.29) is 23.1 Å². The molecule has 1 amide bonds. The number of carbonyl (C=O) groups is 1. The SMILES string of the molecule is COCCC1(c2noc(C3CCOCC3)n2)CCN(C(=O)c2ncccn2)CC1. The van der Waals surface area contributed by atoms with Gasteiger partial charge in [0, 0.05) is 63.7 Å². The van der Waals surface area contributed by atoms with Crippen molar-refractivity contribution in [1.82, 2.24) is 25.0 Å². The molecule has 9 nitrogen and oxygen atoms in total. The molecular weight excluding hydrogens is 374 g/mol. The first-order chi connectivity index (χ1) is 14.2. The average Bonchev–Trinajstić information content (AvgIpc) is 3.30. The van der Waals surface area contributed by atoms with Crippen LogP contribution in [0.25, 0.3) is 0 Å². The van der Waals surface area contributed by atoms with E-state index in [9.17, 15) is 4.79 Å². The summed E-state index contributed by atoms with van der Waals surface area (Å²) in [4.78, 5) is 27.4. The van der Waals surface area contributed by atoms with Crippen LogP contribution in [0.3, 0.4) is 0 Å². The van der Waals surface area contributed by atoms with Crippen LogP contribution in [-0.2, 0) is 14.9 Å². The second-order valence-corrected chi connectivity index (χ2v) is 7.73. The van der Waals surface area contributed by atoms with Gasteiger partial charge in [-0.3, -0.25) is 4.79 Å². The van der Waals surface area contributed by atoms with Gasteiger partial charge in [0.1, 0.15) is 0 Å². The lowest BCUT2D eigenvalue weighted by Gasteiger charge is -2.39. The number of nitrogens with zero attached hydrogens (tertiary/aromatic N) is 5. The second kappa shape index (κ2) is 8.96. The first-order valence-corrected chi connectivity index (χ1v) is 10.2. The topological polar surface area (TPSA) is 103 Å². The molecule has 29 heavy (non-hydrogen) atoms. The van der Waals surface area contributed by atoms with Crippen LogP contribution in [0.2, 0.25) is 0 Å². The highest BCUT2D eigenvalue weighted by Gasteiger charge is 2.42. The highest BCUT2D eigenvalue weighted by atomic mass is 16.5. The van der Waals surface area contributed by atoms with Gasteiger partial charge in [0.2, 0.25) is 11.7 Å². The predicted molar refractivity (Wildman–Crippen MR) is 102 cm³/mol. The zero-order valence-corrected chi connectivity index (χ0v) is 16.7. The van der Waals surface area contributed by atoms with Gasteiger partial charge in [0.25, 0.3) is 5.91 Å². The summed E-state index contributed by atoms with van der Waals surface area (Å²) in [6, 6.07) is 1.70. The van der Waals surface area contributed by atoms with Gasteiger partial charge in [-0.15, -0.1) is 0 Å². The molecule has 2 saturated heterocycles. The van der Waals surface area contributed by atoms with E-state index in [0.29, 0.717) is 25.6 Å². The van der Waals surface area contributed by atoms with E-state index in [1.165, 1.54) is 0 Å². The summed E-state index contributed by atoms with van der Waals surface area (Å²) >= 11 is 0. The molecule has 156 valence electrons. The van der Waals surface area contributed by atoms with Crippen LogP contribution < -0.4 is 0 Å². The summed E-state index contributed by atoms with van der Waals surface area (Å²) in [7, 11) is 1.70. The van der Waals surface area contributed by atoms with Gasteiger partial charge in [-0.25, -0.2) is 9.97 Å². The Balaban J connectivity index is 1.48. The van der Waals surface area contributed by atoms with Crippen LogP contribution in [0.5, 0.6) is 0 Å². The molecule has 2 aliphatic heterocycles. The molecule has 4 rings (SSSR count). The standard InChI is InChI=1S/C20H27N5O4/c1-27-14-7-20(19-23-17(29-24-19)15-3-12-28-13-4-15)5-10-25(11-6-20)18(26)16-21-8-2-9-22-16/h2,8-9,15H,3-7,10-14H2,1H3. The van der Waals surface area contributed by atoms with Crippen LogP contribution in [0.15, 0.2) is 23.0 Å². The molecule has 0 radical (unpaired) electrons. The van der Waals surface area contributed by atoms with E-state index < -0.39 is 0 Å². The number of likely N-dealkylation sites (tertiary alicyclic amines) is 1. The van der Waals surface area contributed by atoms with Gasteiger partial charge in [0.15, 0.2) is 5.82 Å². The molecule has 2 aliphatic rings. The van der Waals surface area contributed by atoms with Crippen molar-refractivity contribution < 1.29 is 18.8 Å². The van der Waals surface area contributed by atoms with Crippen molar-refractivity contribution in [1.29, 1.82) is 0 Å². The molecule has 0 aromatic carbocycles. The minimum atomic E-state index is -0.253. The van der Waals surface area contributed by atoms with E-state index in [2.05, 4.69) is 15.1 Å². The van der Waals surface area contributed by atoms with Crippen molar-refractivity contribution in [3.05, 3.63) is 36.0 Å². The molecule has 0 spiro atoms. The van der Waals surface area contributed by atoms with Gasteiger partial charge in [-0.1, -0.05) is 5.16 Å². The Kier molecular flexibility index (Phi) is 6.15. The van der Waals surface area contributed by atoms with Crippen LogP contribution in [0.1, 0.15) is 60.4 Å². The third-order valence-electron chi connectivity index (χ3n) is 6.04. The Hall–Kier alpha value is -2.39. The Bertz CT molecular complexity index is 798. The third kappa shape index (κ3) is 4.30. The summed E-state index contributed by atoms with van der Waals surface area (Å²) < 4.78 is 16.4. The maximum absolute atomic E-state index is 12.7. The Morgan fingerprint density at radius 3 is 2.66 bits per heavy atom. The normalized spacial score (nSPS) is 20.0. The van der Waals surface area contributed by atoms with Gasteiger partial charge >= 0.3 is 0 Å². The fourth-order valence-corrected chi connectivity index (χ4v) is 4.13. The van der Waals surface area contributed by atoms with Crippen molar-refractivity contribution in [3.63, 3.8) is 0 Å². The highest BCUT2D eigenvalue weighted by Crippen LogP contribution is 2.38. The Morgan fingerprint density at radius 2 is 1.97 bits per heavy atom. The fourth-order valence-electron chi connectivity index (χ4n) is 4.13. The Morgan fingerprint density at radius 1 is 1.24 bits per heavy atom. The molecule has 2 aromatic rings. The zero-order chi connectivity index (χ0) is 20.1. The summed E-state index contributed by atoms with van der Waals surface area (Å²) in [6.45, 7) is 3.27. The van der Waals surface area contributed by atoms with Gasteiger partial charge < -0.3 is 18.9 Å². The minimum Gasteiger partial charge on any atom is -0.385 e. The van der Waals surface area contributed by atoms with E-state index in [0.717, 1.165) is 51.1 Å². The molecule has 4 heterocycles. The molecule has 9 heteroatoms. The van der Waals surface area contributed by atoms with E-state index in [1.54, 1.807) is 30.5 Å². The Labute approximate surface area is 169 Å². The molecule has 0 N–H and O–H groups in total.